The molecular formula is C31H41F2N5O13. The Hall–Kier alpha value is -5.51. The highest BCUT2D eigenvalue weighted by molar-refractivity contribution is 5.85. The number of carbonyl (C=O) groups is 3. The Morgan fingerprint density at radius 3 is 1.67 bits per heavy atom. The Labute approximate surface area is 288 Å². The number of alkyl halides is 2. The molecule has 3 rings (SSSR count). The quantitative estimate of drug-likeness (QED) is 0.0560. The SMILES string of the molecule is C[C@@](Cc1ccc(O)c(O)c1)(NN)C(=O)O.NC(CO)C(=O)CNCc1ccc(O)c(O)c1O.N[C@@](Cc1ccc(O)c(O)c1)(C(=O)O)C(F)F. The fraction of sp³-hybridized carbons (Fsp3) is 0.323. The molecule has 282 valence electrons. The number of aliphatic carboxylic acids is 2. The van der Waals surface area contributed by atoms with Gasteiger partial charge in [0.2, 0.25) is 5.75 Å². The maximum absolute atomic E-state index is 12.6. The van der Waals surface area contributed by atoms with E-state index in [-0.39, 0.29) is 42.4 Å². The Morgan fingerprint density at radius 2 is 1.25 bits per heavy atom. The molecule has 3 atom stereocenters. The van der Waals surface area contributed by atoms with Crippen LogP contribution in [0.4, 0.5) is 8.78 Å². The first-order valence-corrected chi connectivity index (χ1v) is 14.5. The van der Waals surface area contributed by atoms with Crippen LogP contribution in [0.5, 0.6) is 40.2 Å². The van der Waals surface area contributed by atoms with Gasteiger partial charge in [-0.25, -0.2) is 19.0 Å². The first kappa shape index (κ1) is 43.5. The predicted octanol–water partition coefficient (Wildman–Crippen LogP) is -0.584. The van der Waals surface area contributed by atoms with Crippen molar-refractivity contribution in [2.45, 2.75) is 49.9 Å². The van der Waals surface area contributed by atoms with Gasteiger partial charge < -0.3 is 67.8 Å². The topological polar surface area (TPSA) is 356 Å². The molecule has 1 unspecified atom stereocenters. The van der Waals surface area contributed by atoms with E-state index < -0.39 is 77.3 Å². The first-order chi connectivity index (χ1) is 23.6. The van der Waals surface area contributed by atoms with Gasteiger partial charge in [0.25, 0.3) is 6.43 Å². The number of carbonyl (C=O) groups excluding carboxylic acids is 1. The monoisotopic (exact) mass is 729 g/mol. The molecule has 0 saturated heterocycles. The molecule has 18 N–H and O–H groups in total. The summed E-state index contributed by atoms with van der Waals surface area (Å²) in [6.07, 6.45) is -3.82. The van der Waals surface area contributed by atoms with E-state index in [0.29, 0.717) is 11.1 Å². The lowest BCUT2D eigenvalue weighted by molar-refractivity contribution is -0.149. The number of aromatic hydroxyl groups is 7. The molecule has 0 aromatic heterocycles. The highest BCUT2D eigenvalue weighted by atomic mass is 19.3. The zero-order valence-electron chi connectivity index (χ0n) is 27.0. The van der Waals surface area contributed by atoms with Gasteiger partial charge in [0.1, 0.15) is 5.54 Å². The summed E-state index contributed by atoms with van der Waals surface area (Å²) in [5.74, 6) is -1.07. The lowest BCUT2D eigenvalue weighted by atomic mass is 9.92. The molecule has 3 aromatic carbocycles. The molecule has 51 heavy (non-hydrogen) atoms. The van der Waals surface area contributed by atoms with Gasteiger partial charge in [-0.05, 0) is 48.4 Å². The summed E-state index contributed by atoms with van der Waals surface area (Å²) in [4.78, 5) is 32.9. The number of Topliss-reactive ketones (excluding diaryl/α,β-unsaturated/α-hetero) is 1. The minimum Gasteiger partial charge on any atom is -0.504 e. The second kappa shape index (κ2) is 19.0. The van der Waals surface area contributed by atoms with E-state index in [4.69, 9.17) is 53.1 Å². The Balaban J connectivity index is 0.000000383. The number of hydrogen-bond acceptors (Lipinski definition) is 16. The van der Waals surface area contributed by atoms with Gasteiger partial charge in [-0.2, -0.15) is 0 Å². The van der Waals surface area contributed by atoms with E-state index in [1.807, 2.05) is 0 Å². The van der Waals surface area contributed by atoms with Gasteiger partial charge >= 0.3 is 11.9 Å². The third-order valence-corrected chi connectivity index (χ3v) is 7.15. The normalized spacial score (nSPS) is 13.7. The maximum Gasteiger partial charge on any atom is 0.330 e. The number of ketones is 1. The lowest BCUT2D eigenvalue weighted by Gasteiger charge is -2.23. The number of carboxylic acids is 2. The summed E-state index contributed by atoms with van der Waals surface area (Å²) in [6.45, 7) is 1.05. The number of hydrogen-bond donors (Lipinski definition) is 15. The molecule has 0 aliphatic carbocycles. The zero-order valence-corrected chi connectivity index (χ0v) is 27.0. The number of rotatable bonds is 14. The number of hydrazine groups is 1. The van der Waals surface area contributed by atoms with Crippen molar-refractivity contribution in [1.82, 2.24) is 10.7 Å². The largest absolute Gasteiger partial charge is 0.504 e. The van der Waals surface area contributed by atoms with Crippen LogP contribution in [-0.2, 0) is 33.8 Å². The highest BCUT2D eigenvalue weighted by Crippen LogP contribution is 2.37. The highest BCUT2D eigenvalue weighted by Gasteiger charge is 2.44. The number of phenolic OH excluding ortho intramolecular Hbond substituents is 7. The fourth-order valence-corrected chi connectivity index (χ4v) is 3.85. The number of carboxylic acid groups (broad SMARTS) is 2. The van der Waals surface area contributed by atoms with E-state index in [0.717, 1.165) is 12.1 Å². The van der Waals surface area contributed by atoms with Crippen molar-refractivity contribution in [3.8, 4) is 40.2 Å². The maximum atomic E-state index is 12.6. The minimum absolute atomic E-state index is 0.0667. The molecule has 0 aliphatic rings. The number of benzene rings is 3. The number of aliphatic hydroxyl groups excluding tert-OH is 1. The van der Waals surface area contributed by atoms with Crippen LogP contribution in [-0.4, -0.2) is 105 Å². The van der Waals surface area contributed by atoms with E-state index >= 15 is 0 Å². The van der Waals surface area contributed by atoms with Crippen molar-refractivity contribution in [2.24, 2.45) is 17.3 Å². The summed E-state index contributed by atoms with van der Waals surface area (Å²) in [7, 11) is 0. The van der Waals surface area contributed by atoms with Crippen LogP contribution >= 0.6 is 0 Å². The number of halogens is 2. The second-order valence-electron chi connectivity index (χ2n) is 11.2. The second-order valence-corrected chi connectivity index (χ2v) is 11.2. The summed E-state index contributed by atoms with van der Waals surface area (Å²) < 4.78 is 25.2. The average Bonchev–Trinajstić information content (AvgIpc) is 3.07. The standard InChI is InChI=1S/C11H16N2O5.C10H11F2NO4.C10H14N2O4/c12-7(5-14)9(16)4-13-3-6-1-2-8(15)11(18)10(6)17;11-8(12)10(13,9(16)17)4-5-1-2-6(14)7(15)3-5;1-10(12-11,9(15)16)5-6-2-3-7(13)8(14)4-6/h1-2,7,13-15,17-18H,3-5,12H2;1-3,8,14-15H,4,13H2,(H,16,17);2-4,12-14H,5,11H2,1H3,(H,15,16)/t;2*10-/m.10/s1. The molecule has 0 radical (unpaired) electrons. The third kappa shape index (κ3) is 12.4. The molecule has 0 heterocycles. The van der Waals surface area contributed by atoms with Crippen LogP contribution in [0, 0.1) is 0 Å². The average molecular weight is 730 g/mol. The molecule has 0 fully saturated rings. The Bertz CT molecular complexity index is 1670. The van der Waals surface area contributed by atoms with Crippen molar-refractivity contribution < 1.29 is 74.2 Å². The van der Waals surface area contributed by atoms with Gasteiger partial charge in [0.15, 0.2) is 45.8 Å². The molecular weight excluding hydrogens is 688 g/mol. The number of aliphatic hydroxyl groups is 1. The minimum atomic E-state index is -3.25. The van der Waals surface area contributed by atoms with Crippen molar-refractivity contribution in [2.75, 3.05) is 13.2 Å². The van der Waals surface area contributed by atoms with E-state index in [9.17, 15) is 38.5 Å². The van der Waals surface area contributed by atoms with Gasteiger partial charge in [-0.1, -0.05) is 18.2 Å². The summed E-state index contributed by atoms with van der Waals surface area (Å²) >= 11 is 0. The van der Waals surface area contributed by atoms with E-state index in [2.05, 4.69) is 10.7 Å². The van der Waals surface area contributed by atoms with E-state index in [1.54, 1.807) is 0 Å². The summed E-state index contributed by atoms with van der Waals surface area (Å²) in [6, 6.07) is 9.09. The summed E-state index contributed by atoms with van der Waals surface area (Å²) in [5, 5.41) is 93.4. The van der Waals surface area contributed by atoms with Crippen LogP contribution in [0.25, 0.3) is 0 Å². The lowest BCUT2D eigenvalue weighted by Crippen LogP contribution is -2.55. The Morgan fingerprint density at radius 1 is 0.765 bits per heavy atom. The number of phenols is 7. The van der Waals surface area contributed by atoms with Crippen LogP contribution in [0.3, 0.4) is 0 Å². The molecule has 0 spiro atoms. The van der Waals surface area contributed by atoms with Gasteiger partial charge in [-0.15, -0.1) is 0 Å². The molecule has 0 saturated carbocycles. The van der Waals surface area contributed by atoms with Gasteiger partial charge in [0, 0.05) is 24.9 Å². The van der Waals surface area contributed by atoms with Crippen molar-refractivity contribution in [1.29, 1.82) is 0 Å². The van der Waals surface area contributed by atoms with Crippen molar-refractivity contribution >= 4 is 17.7 Å². The smallest absolute Gasteiger partial charge is 0.330 e. The molecule has 20 heteroatoms. The number of nitrogens with one attached hydrogen (secondary N) is 2. The zero-order chi connectivity index (χ0) is 39.3. The van der Waals surface area contributed by atoms with Crippen molar-refractivity contribution in [3.05, 3.63) is 65.2 Å². The third-order valence-electron chi connectivity index (χ3n) is 7.15. The number of nitrogens with two attached hydrogens (primary N) is 3. The molecule has 0 aliphatic heterocycles. The van der Waals surface area contributed by atoms with Crippen LogP contribution < -0.4 is 28.1 Å². The first-order valence-electron chi connectivity index (χ1n) is 14.5. The molecule has 18 nitrogen and oxygen atoms in total. The Kier molecular flexibility index (Phi) is 16.2. The van der Waals surface area contributed by atoms with Crippen LogP contribution in [0.2, 0.25) is 0 Å². The van der Waals surface area contributed by atoms with Gasteiger partial charge in [0.05, 0.1) is 19.2 Å². The molecule has 0 bridgehead atoms. The van der Waals surface area contributed by atoms with Crippen molar-refractivity contribution in [3.63, 3.8) is 0 Å². The van der Waals surface area contributed by atoms with Crippen LogP contribution in [0.15, 0.2) is 48.5 Å². The van der Waals surface area contributed by atoms with E-state index in [1.165, 1.54) is 43.3 Å². The summed E-state index contributed by atoms with van der Waals surface area (Å²) in [5.41, 5.74) is 9.57. The predicted molar refractivity (Wildman–Crippen MR) is 174 cm³/mol. The fourth-order valence-electron chi connectivity index (χ4n) is 3.85. The van der Waals surface area contributed by atoms with Crippen LogP contribution in [0.1, 0.15) is 23.6 Å². The molecule has 3 aromatic rings. The van der Waals surface area contributed by atoms with Gasteiger partial charge in [-0.3, -0.25) is 15.4 Å². The molecule has 0 amide bonds.